The first-order valence-corrected chi connectivity index (χ1v) is 6.12. The number of aryl methyl sites for hydroxylation is 1. The SMILES string of the molecule is C=CC[C@@H](CN)Cc1cc2cc(C)ccc2[nH]1. The molecule has 3 N–H and O–H groups in total. The van der Waals surface area contributed by atoms with Crippen LogP contribution in [0.1, 0.15) is 17.7 Å². The Morgan fingerprint density at radius 1 is 1.41 bits per heavy atom. The summed E-state index contributed by atoms with van der Waals surface area (Å²) in [5.74, 6) is 0.488. The van der Waals surface area contributed by atoms with E-state index in [0.717, 1.165) is 12.8 Å². The van der Waals surface area contributed by atoms with E-state index >= 15 is 0 Å². The van der Waals surface area contributed by atoms with Gasteiger partial charge in [-0.25, -0.2) is 0 Å². The van der Waals surface area contributed by atoms with Gasteiger partial charge < -0.3 is 10.7 Å². The number of rotatable bonds is 5. The lowest BCUT2D eigenvalue weighted by Crippen LogP contribution is -2.16. The molecule has 2 heteroatoms. The van der Waals surface area contributed by atoms with Crippen molar-refractivity contribution in [2.45, 2.75) is 19.8 Å². The predicted octanol–water partition coefficient (Wildman–Crippen LogP) is 3.17. The van der Waals surface area contributed by atoms with Gasteiger partial charge in [-0.1, -0.05) is 17.7 Å². The molecular formula is C15H20N2. The van der Waals surface area contributed by atoms with Crippen LogP contribution >= 0.6 is 0 Å². The summed E-state index contributed by atoms with van der Waals surface area (Å²) in [6.07, 6.45) is 3.92. The molecule has 0 amide bonds. The van der Waals surface area contributed by atoms with Crippen LogP contribution in [0.25, 0.3) is 10.9 Å². The van der Waals surface area contributed by atoms with Crippen LogP contribution in [-0.2, 0) is 6.42 Å². The van der Waals surface area contributed by atoms with Gasteiger partial charge in [-0.15, -0.1) is 6.58 Å². The Morgan fingerprint density at radius 2 is 2.24 bits per heavy atom. The lowest BCUT2D eigenvalue weighted by Gasteiger charge is -2.10. The molecule has 1 heterocycles. The molecular weight excluding hydrogens is 208 g/mol. The van der Waals surface area contributed by atoms with Gasteiger partial charge in [0.25, 0.3) is 0 Å². The molecule has 0 spiro atoms. The highest BCUT2D eigenvalue weighted by Crippen LogP contribution is 2.19. The Bertz CT molecular complexity index is 511. The fourth-order valence-corrected chi connectivity index (χ4v) is 2.23. The second-order valence-corrected chi connectivity index (χ2v) is 4.72. The maximum Gasteiger partial charge on any atom is 0.0456 e. The normalized spacial score (nSPS) is 12.8. The molecule has 0 bridgehead atoms. The zero-order valence-corrected chi connectivity index (χ0v) is 10.4. The molecule has 0 aliphatic carbocycles. The quantitative estimate of drug-likeness (QED) is 0.758. The van der Waals surface area contributed by atoms with E-state index in [1.807, 2.05) is 6.08 Å². The number of fused-ring (bicyclic) bond motifs is 1. The second-order valence-electron chi connectivity index (χ2n) is 4.72. The van der Waals surface area contributed by atoms with E-state index < -0.39 is 0 Å². The number of benzene rings is 1. The van der Waals surface area contributed by atoms with Crippen LogP contribution < -0.4 is 5.73 Å². The molecule has 0 unspecified atom stereocenters. The third-order valence-electron chi connectivity index (χ3n) is 3.17. The van der Waals surface area contributed by atoms with E-state index in [0.29, 0.717) is 12.5 Å². The fourth-order valence-electron chi connectivity index (χ4n) is 2.23. The van der Waals surface area contributed by atoms with Gasteiger partial charge in [0.05, 0.1) is 0 Å². The monoisotopic (exact) mass is 228 g/mol. The molecule has 0 radical (unpaired) electrons. The first-order valence-electron chi connectivity index (χ1n) is 6.12. The molecule has 0 saturated heterocycles. The zero-order chi connectivity index (χ0) is 12.3. The molecule has 2 aromatic rings. The largest absolute Gasteiger partial charge is 0.358 e. The molecule has 0 fully saturated rings. The van der Waals surface area contributed by atoms with E-state index in [1.54, 1.807) is 0 Å². The average Bonchev–Trinajstić information content (AvgIpc) is 2.69. The zero-order valence-electron chi connectivity index (χ0n) is 10.4. The van der Waals surface area contributed by atoms with Crippen LogP contribution in [0, 0.1) is 12.8 Å². The molecule has 1 aromatic heterocycles. The van der Waals surface area contributed by atoms with Gasteiger partial charge in [0.15, 0.2) is 0 Å². The first-order chi connectivity index (χ1) is 8.22. The Labute approximate surface area is 103 Å². The summed E-state index contributed by atoms with van der Waals surface area (Å²) in [6, 6.07) is 8.71. The van der Waals surface area contributed by atoms with Crippen molar-refractivity contribution >= 4 is 10.9 Å². The highest BCUT2D eigenvalue weighted by Gasteiger charge is 2.08. The molecule has 17 heavy (non-hydrogen) atoms. The topological polar surface area (TPSA) is 41.8 Å². The van der Waals surface area contributed by atoms with Crippen LogP contribution in [-0.4, -0.2) is 11.5 Å². The third kappa shape index (κ3) is 2.77. The van der Waals surface area contributed by atoms with E-state index in [-0.39, 0.29) is 0 Å². The first kappa shape index (κ1) is 11.9. The molecule has 0 aliphatic rings. The minimum Gasteiger partial charge on any atom is -0.358 e. The third-order valence-corrected chi connectivity index (χ3v) is 3.17. The number of nitrogens with two attached hydrogens (primary N) is 1. The highest BCUT2D eigenvalue weighted by atomic mass is 14.7. The number of H-pyrrole nitrogens is 1. The van der Waals surface area contributed by atoms with Crippen LogP contribution in [0.3, 0.4) is 0 Å². The highest BCUT2D eigenvalue weighted by molar-refractivity contribution is 5.81. The predicted molar refractivity (Wildman–Crippen MR) is 74.1 cm³/mol. The number of aromatic nitrogens is 1. The van der Waals surface area contributed by atoms with Crippen molar-refractivity contribution in [3.8, 4) is 0 Å². The number of hydrogen-bond acceptors (Lipinski definition) is 1. The van der Waals surface area contributed by atoms with E-state index in [4.69, 9.17) is 5.73 Å². The standard InChI is InChI=1S/C15H20N2/c1-3-4-12(10-16)8-14-9-13-7-11(2)5-6-15(13)17-14/h3,5-7,9,12,17H,1,4,8,10,16H2,2H3/t12-/m1/s1. The molecule has 2 nitrogen and oxygen atoms in total. The Balaban J connectivity index is 2.21. The summed E-state index contributed by atoms with van der Waals surface area (Å²) in [7, 11) is 0. The number of nitrogens with one attached hydrogen (secondary N) is 1. The summed E-state index contributed by atoms with van der Waals surface area (Å²) in [6.45, 7) is 6.60. The number of aromatic amines is 1. The fraction of sp³-hybridized carbons (Fsp3) is 0.333. The second kappa shape index (κ2) is 5.19. The molecule has 2 rings (SSSR count). The minimum absolute atomic E-state index is 0.488. The summed E-state index contributed by atoms with van der Waals surface area (Å²) < 4.78 is 0. The summed E-state index contributed by atoms with van der Waals surface area (Å²) in [5, 5.41) is 1.29. The lowest BCUT2D eigenvalue weighted by atomic mass is 10.00. The van der Waals surface area contributed by atoms with E-state index in [9.17, 15) is 0 Å². The summed E-state index contributed by atoms with van der Waals surface area (Å²) in [5.41, 5.74) is 9.53. The van der Waals surface area contributed by atoms with Gasteiger partial charge in [0, 0.05) is 11.2 Å². The van der Waals surface area contributed by atoms with Gasteiger partial charge in [-0.05, 0) is 55.8 Å². The molecule has 90 valence electrons. The van der Waals surface area contributed by atoms with Crippen LogP contribution in [0.4, 0.5) is 0 Å². The van der Waals surface area contributed by atoms with Gasteiger partial charge in [0.2, 0.25) is 0 Å². The number of hydrogen-bond donors (Lipinski definition) is 2. The summed E-state index contributed by atoms with van der Waals surface area (Å²) in [4.78, 5) is 3.46. The molecule has 0 aliphatic heterocycles. The van der Waals surface area contributed by atoms with Crippen LogP contribution in [0.15, 0.2) is 36.9 Å². The molecule has 1 aromatic carbocycles. The van der Waals surface area contributed by atoms with Crippen molar-refractivity contribution in [1.82, 2.24) is 4.98 Å². The average molecular weight is 228 g/mol. The van der Waals surface area contributed by atoms with E-state index in [1.165, 1.54) is 22.2 Å². The van der Waals surface area contributed by atoms with Crippen molar-refractivity contribution in [3.63, 3.8) is 0 Å². The molecule has 0 saturated carbocycles. The molecule has 1 atom stereocenters. The van der Waals surface area contributed by atoms with Crippen molar-refractivity contribution in [2.75, 3.05) is 6.54 Å². The van der Waals surface area contributed by atoms with Gasteiger partial charge >= 0.3 is 0 Å². The lowest BCUT2D eigenvalue weighted by molar-refractivity contribution is 0.539. The Kier molecular flexibility index (Phi) is 3.64. The van der Waals surface area contributed by atoms with Crippen LogP contribution in [0.2, 0.25) is 0 Å². The van der Waals surface area contributed by atoms with E-state index in [2.05, 4.69) is 42.8 Å². The van der Waals surface area contributed by atoms with Crippen molar-refractivity contribution in [1.29, 1.82) is 0 Å². The number of allylic oxidation sites excluding steroid dienone is 1. The van der Waals surface area contributed by atoms with Gasteiger partial charge in [-0.2, -0.15) is 0 Å². The maximum absolute atomic E-state index is 5.76. The van der Waals surface area contributed by atoms with Crippen molar-refractivity contribution in [2.24, 2.45) is 11.7 Å². The Morgan fingerprint density at radius 3 is 2.94 bits per heavy atom. The van der Waals surface area contributed by atoms with Crippen LogP contribution in [0.5, 0.6) is 0 Å². The van der Waals surface area contributed by atoms with Crippen molar-refractivity contribution in [3.05, 3.63) is 48.2 Å². The summed E-state index contributed by atoms with van der Waals surface area (Å²) >= 11 is 0. The van der Waals surface area contributed by atoms with Gasteiger partial charge in [-0.3, -0.25) is 0 Å². The minimum atomic E-state index is 0.488. The smallest absolute Gasteiger partial charge is 0.0456 e. The Hall–Kier alpha value is -1.54. The van der Waals surface area contributed by atoms with Crippen molar-refractivity contribution < 1.29 is 0 Å². The maximum atomic E-state index is 5.76. The van der Waals surface area contributed by atoms with Gasteiger partial charge in [0.1, 0.15) is 0 Å².